The topological polar surface area (TPSA) is 64.3 Å². The third-order valence-electron chi connectivity index (χ3n) is 3.32. The number of methoxy groups -OCH3 is 1. The molecule has 4 heteroatoms. The van der Waals surface area contributed by atoms with Crippen molar-refractivity contribution in [1.29, 1.82) is 0 Å². The second kappa shape index (κ2) is 4.28. The number of ether oxygens (including phenoxy) is 1. The van der Waals surface area contributed by atoms with Gasteiger partial charge in [0.2, 0.25) is 0 Å². The van der Waals surface area contributed by atoms with Gasteiger partial charge in [0.25, 0.3) is 0 Å². The third-order valence-corrected chi connectivity index (χ3v) is 3.32. The van der Waals surface area contributed by atoms with Gasteiger partial charge in [-0.15, -0.1) is 0 Å². The van der Waals surface area contributed by atoms with E-state index in [2.05, 4.69) is 17.0 Å². The van der Waals surface area contributed by atoms with Gasteiger partial charge in [-0.1, -0.05) is 13.0 Å². The number of anilines is 2. The molecule has 0 unspecified atom stereocenters. The summed E-state index contributed by atoms with van der Waals surface area (Å²) in [5, 5.41) is 3.30. The van der Waals surface area contributed by atoms with Crippen LogP contribution in [0.4, 0.5) is 11.4 Å². The molecule has 1 fully saturated rings. The highest BCUT2D eigenvalue weighted by molar-refractivity contribution is 5.98. The van der Waals surface area contributed by atoms with Crippen LogP contribution < -0.4 is 11.1 Å². The molecule has 1 aromatic carbocycles. The fraction of sp³-hybridized carbons (Fsp3) is 0.462. The summed E-state index contributed by atoms with van der Waals surface area (Å²) in [6.45, 7) is 3.13. The van der Waals surface area contributed by atoms with Crippen LogP contribution >= 0.6 is 0 Å². The molecule has 0 bridgehead atoms. The molecule has 17 heavy (non-hydrogen) atoms. The maximum atomic E-state index is 11.5. The van der Waals surface area contributed by atoms with Gasteiger partial charge >= 0.3 is 5.97 Å². The van der Waals surface area contributed by atoms with E-state index in [1.165, 1.54) is 20.0 Å². The predicted octanol–water partition coefficient (Wildman–Crippen LogP) is 2.27. The smallest absolute Gasteiger partial charge is 0.340 e. The first kappa shape index (κ1) is 11.8. The normalized spacial score (nSPS) is 16.4. The fourth-order valence-corrected chi connectivity index (χ4v) is 1.71. The van der Waals surface area contributed by atoms with Crippen LogP contribution in [-0.2, 0) is 4.74 Å². The molecular formula is C13H18N2O2. The van der Waals surface area contributed by atoms with E-state index in [9.17, 15) is 4.79 Å². The van der Waals surface area contributed by atoms with Crippen molar-refractivity contribution in [2.45, 2.75) is 19.8 Å². The van der Waals surface area contributed by atoms with Crippen molar-refractivity contribution in [3.63, 3.8) is 0 Å². The number of nitrogens with two attached hydrogens (primary N) is 1. The Bertz CT molecular complexity index is 439. The first-order valence-electron chi connectivity index (χ1n) is 5.76. The molecule has 92 valence electrons. The molecule has 0 atom stereocenters. The lowest BCUT2D eigenvalue weighted by atomic mass is 10.1. The van der Waals surface area contributed by atoms with Gasteiger partial charge in [0.15, 0.2) is 0 Å². The van der Waals surface area contributed by atoms with E-state index in [0.717, 1.165) is 12.2 Å². The summed E-state index contributed by atoms with van der Waals surface area (Å²) in [6, 6.07) is 5.36. The number of benzene rings is 1. The largest absolute Gasteiger partial charge is 0.465 e. The van der Waals surface area contributed by atoms with Crippen LogP contribution in [0.1, 0.15) is 30.1 Å². The maximum absolute atomic E-state index is 11.5. The van der Waals surface area contributed by atoms with Gasteiger partial charge in [0.1, 0.15) is 0 Å². The molecule has 4 nitrogen and oxygen atoms in total. The standard InChI is InChI=1S/C13H18N2O2/c1-13(6-7-13)8-15-10-5-3-4-9(11(10)14)12(16)17-2/h3-5,15H,6-8,14H2,1-2H3. The zero-order chi connectivity index (χ0) is 12.5. The quantitative estimate of drug-likeness (QED) is 0.619. The van der Waals surface area contributed by atoms with Gasteiger partial charge in [-0.25, -0.2) is 4.79 Å². The number of hydrogen-bond acceptors (Lipinski definition) is 4. The molecule has 0 heterocycles. The Morgan fingerprint density at radius 3 is 2.82 bits per heavy atom. The summed E-state index contributed by atoms with van der Waals surface area (Å²) in [5.74, 6) is -0.399. The number of rotatable bonds is 4. The van der Waals surface area contributed by atoms with Crippen molar-refractivity contribution in [1.82, 2.24) is 0 Å². The Morgan fingerprint density at radius 2 is 2.24 bits per heavy atom. The van der Waals surface area contributed by atoms with Gasteiger partial charge in [-0.3, -0.25) is 0 Å². The Hall–Kier alpha value is -1.71. The van der Waals surface area contributed by atoms with E-state index in [4.69, 9.17) is 5.73 Å². The Labute approximate surface area is 101 Å². The molecular weight excluding hydrogens is 216 g/mol. The van der Waals surface area contributed by atoms with Gasteiger partial charge in [-0.05, 0) is 30.4 Å². The second-order valence-corrected chi connectivity index (χ2v) is 4.92. The summed E-state index contributed by atoms with van der Waals surface area (Å²) < 4.78 is 4.68. The molecule has 3 N–H and O–H groups in total. The molecule has 1 aromatic rings. The molecule has 2 rings (SSSR count). The molecule has 0 radical (unpaired) electrons. The van der Waals surface area contributed by atoms with Crippen molar-refractivity contribution in [2.24, 2.45) is 5.41 Å². The van der Waals surface area contributed by atoms with Gasteiger partial charge < -0.3 is 15.8 Å². The van der Waals surface area contributed by atoms with Crippen LogP contribution in [0, 0.1) is 5.41 Å². The second-order valence-electron chi connectivity index (χ2n) is 4.92. The zero-order valence-electron chi connectivity index (χ0n) is 10.2. The maximum Gasteiger partial charge on any atom is 0.340 e. The minimum atomic E-state index is -0.399. The number of nitrogen functional groups attached to an aromatic ring is 1. The number of carbonyl (C=O) groups is 1. The summed E-state index contributed by atoms with van der Waals surface area (Å²) in [5.41, 5.74) is 8.03. The highest BCUT2D eigenvalue weighted by Gasteiger charge is 2.36. The predicted molar refractivity (Wildman–Crippen MR) is 68.0 cm³/mol. The van der Waals surface area contributed by atoms with Crippen molar-refractivity contribution in [2.75, 3.05) is 24.7 Å². The van der Waals surface area contributed by atoms with Crippen molar-refractivity contribution < 1.29 is 9.53 Å². The first-order chi connectivity index (χ1) is 8.06. The average Bonchev–Trinajstić information content (AvgIpc) is 3.05. The van der Waals surface area contributed by atoms with Gasteiger partial charge in [-0.2, -0.15) is 0 Å². The number of esters is 1. The van der Waals surface area contributed by atoms with E-state index < -0.39 is 5.97 Å². The Kier molecular flexibility index (Phi) is 2.96. The van der Waals surface area contributed by atoms with E-state index in [1.54, 1.807) is 12.1 Å². The lowest BCUT2D eigenvalue weighted by Gasteiger charge is -2.14. The fourth-order valence-electron chi connectivity index (χ4n) is 1.71. The lowest BCUT2D eigenvalue weighted by Crippen LogP contribution is -2.14. The number of nitrogens with one attached hydrogen (secondary N) is 1. The molecule has 1 aliphatic rings. The Balaban J connectivity index is 2.14. The molecule has 0 aliphatic heterocycles. The van der Waals surface area contributed by atoms with Crippen LogP contribution in [0.5, 0.6) is 0 Å². The van der Waals surface area contributed by atoms with Gasteiger partial charge in [0, 0.05) is 6.54 Å². The molecule has 0 spiro atoms. The summed E-state index contributed by atoms with van der Waals surface area (Å²) >= 11 is 0. The van der Waals surface area contributed by atoms with Crippen molar-refractivity contribution in [3.8, 4) is 0 Å². The SMILES string of the molecule is COC(=O)c1cccc(NCC2(C)CC2)c1N. The van der Waals surface area contributed by atoms with Crippen LogP contribution in [-0.4, -0.2) is 19.6 Å². The minimum Gasteiger partial charge on any atom is -0.465 e. The highest BCUT2D eigenvalue weighted by Crippen LogP contribution is 2.45. The van der Waals surface area contributed by atoms with Crippen LogP contribution in [0.3, 0.4) is 0 Å². The van der Waals surface area contributed by atoms with E-state index in [0.29, 0.717) is 16.7 Å². The minimum absolute atomic E-state index is 0.397. The third kappa shape index (κ3) is 2.52. The average molecular weight is 234 g/mol. The monoisotopic (exact) mass is 234 g/mol. The summed E-state index contributed by atoms with van der Waals surface area (Å²) in [7, 11) is 1.35. The zero-order valence-corrected chi connectivity index (χ0v) is 10.2. The van der Waals surface area contributed by atoms with Crippen LogP contribution in [0.25, 0.3) is 0 Å². The molecule has 0 saturated heterocycles. The molecule has 1 saturated carbocycles. The molecule has 0 aromatic heterocycles. The number of hydrogen-bond donors (Lipinski definition) is 2. The van der Waals surface area contributed by atoms with Gasteiger partial charge in [0.05, 0.1) is 24.0 Å². The van der Waals surface area contributed by atoms with Crippen LogP contribution in [0.15, 0.2) is 18.2 Å². The van der Waals surface area contributed by atoms with Crippen molar-refractivity contribution >= 4 is 17.3 Å². The van der Waals surface area contributed by atoms with Crippen LogP contribution in [0.2, 0.25) is 0 Å². The van der Waals surface area contributed by atoms with E-state index in [1.807, 2.05) is 6.07 Å². The summed E-state index contributed by atoms with van der Waals surface area (Å²) in [6.07, 6.45) is 2.49. The molecule has 1 aliphatic carbocycles. The first-order valence-corrected chi connectivity index (χ1v) is 5.76. The molecule has 0 amide bonds. The number of para-hydroxylation sites is 1. The highest BCUT2D eigenvalue weighted by atomic mass is 16.5. The summed E-state index contributed by atoms with van der Waals surface area (Å²) in [4.78, 5) is 11.5. The lowest BCUT2D eigenvalue weighted by molar-refractivity contribution is 0.0602. The Morgan fingerprint density at radius 1 is 1.53 bits per heavy atom. The van der Waals surface area contributed by atoms with E-state index >= 15 is 0 Å². The van der Waals surface area contributed by atoms with E-state index in [-0.39, 0.29) is 0 Å². The number of carbonyl (C=O) groups excluding carboxylic acids is 1. The van der Waals surface area contributed by atoms with Crippen molar-refractivity contribution in [3.05, 3.63) is 23.8 Å².